The summed E-state index contributed by atoms with van der Waals surface area (Å²) in [6.07, 6.45) is -1.43. The summed E-state index contributed by atoms with van der Waals surface area (Å²) < 4.78 is 0. The van der Waals surface area contributed by atoms with E-state index in [9.17, 15) is 10.2 Å². The summed E-state index contributed by atoms with van der Waals surface area (Å²) in [5.41, 5.74) is 2.75. The van der Waals surface area contributed by atoms with E-state index in [1.54, 1.807) is 24.3 Å². The number of likely N-dealkylation sites (N-methyl/N-ethyl adjacent to an activating group) is 1. The molecule has 4 nitrogen and oxygen atoms in total. The summed E-state index contributed by atoms with van der Waals surface area (Å²) in [6, 6.07) is 22.1. The average molecular weight is 394 g/mol. The van der Waals surface area contributed by atoms with Crippen LogP contribution in [0.1, 0.15) is 42.7 Å². The Balaban J connectivity index is 1.65. The molecule has 3 aromatic carbocycles. The Morgan fingerprint density at radius 3 is 2.10 bits per heavy atom. The molecule has 0 saturated heterocycles. The summed E-state index contributed by atoms with van der Waals surface area (Å²) in [5, 5.41) is 33.0. The average Bonchev–Trinajstić information content (AvgIpc) is 2.77. The van der Waals surface area contributed by atoms with Crippen LogP contribution in [0, 0.1) is 5.92 Å². The van der Waals surface area contributed by atoms with Gasteiger partial charge in [-0.2, -0.15) is 0 Å². The molecule has 0 amide bonds. The van der Waals surface area contributed by atoms with Gasteiger partial charge in [0, 0.05) is 18.5 Å². The topological polar surface area (TPSA) is 63.9 Å². The van der Waals surface area contributed by atoms with E-state index < -0.39 is 12.2 Å². The van der Waals surface area contributed by atoms with E-state index in [-0.39, 0.29) is 18.6 Å². The lowest BCUT2D eigenvalue weighted by atomic mass is 9.91. The molecule has 0 unspecified atom stereocenters. The highest BCUT2D eigenvalue weighted by atomic mass is 16.3. The molecule has 0 heterocycles. The Hall–Kier alpha value is -2.24. The fourth-order valence-corrected chi connectivity index (χ4v) is 3.68. The highest BCUT2D eigenvalue weighted by Gasteiger charge is 2.26. The van der Waals surface area contributed by atoms with E-state index in [2.05, 4.69) is 42.2 Å². The van der Waals surface area contributed by atoms with Crippen LogP contribution in [0.4, 0.5) is 0 Å². The standard InChI is InChI=1S/C25H31NO3/c1-17(25(29)21-10-8-19(16-27)9-11-21)24(28)15-26(3)18(2)22-13-12-20-6-4-5-7-23(20)14-22/h4-14,17-18,24-25,27-29H,15-16H2,1-3H3/t17-,18-,24+,25+/m1/s1. The second-order valence-corrected chi connectivity index (χ2v) is 7.99. The SMILES string of the molecule is C[C@@H]([C@H](O)c1ccc(CO)cc1)[C@@H](O)CN(C)[C@H](C)c1ccc2ccccc2c1. The van der Waals surface area contributed by atoms with Crippen LogP contribution in [0.5, 0.6) is 0 Å². The second kappa shape index (κ2) is 9.51. The molecule has 0 aliphatic carbocycles. The van der Waals surface area contributed by atoms with Gasteiger partial charge in [-0.1, -0.05) is 67.6 Å². The fraction of sp³-hybridized carbons (Fsp3) is 0.360. The van der Waals surface area contributed by atoms with Crippen LogP contribution in [0.2, 0.25) is 0 Å². The molecule has 4 atom stereocenters. The number of hydrogen-bond acceptors (Lipinski definition) is 4. The molecule has 3 rings (SSSR count). The van der Waals surface area contributed by atoms with Gasteiger partial charge in [0.05, 0.1) is 18.8 Å². The number of nitrogens with zero attached hydrogens (tertiary/aromatic N) is 1. The molecule has 0 bridgehead atoms. The molecule has 3 aromatic rings. The third kappa shape index (κ3) is 5.03. The van der Waals surface area contributed by atoms with Gasteiger partial charge >= 0.3 is 0 Å². The first-order valence-electron chi connectivity index (χ1n) is 10.2. The molecule has 4 heteroatoms. The van der Waals surface area contributed by atoms with E-state index in [0.717, 1.165) is 11.1 Å². The first kappa shape index (κ1) is 21.5. The number of benzene rings is 3. The molecule has 0 radical (unpaired) electrons. The zero-order valence-corrected chi connectivity index (χ0v) is 17.4. The smallest absolute Gasteiger partial charge is 0.0840 e. The van der Waals surface area contributed by atoms with Gasteiger partial charge in [-0.05, 0) is 47.5 Å². The summed E-state index contributed by atoms with van der Waals surface area (Å²) >= 11 is 0. The molecule has 0 aliphatic rings. The maximum absolute atomic E-state index is 10.7. The normalized spacial score (nSPS) is 16.0. The molecule has 0 fully saturated rings. The van der Waals surface area contributed by atoms with Crippen molar-refractivity contribution in [2.75, 3.05) is 13.6 Å². The van der Waals surface area contributed by atoms with Crippen LogP contribution < -0.4 is 0 Å². The molecule has 3 N–H and O–H groups in total. The molecule has 29 heavy (non-hydrogen) atoms. The predicted molar refractivity (Wildman–Crippen MR) is 117 cm³/mol. The third-order valence-corrected chi connectivity index (χ3v) is 6.00. The molecular weight excluding hydrogens is 362 g/mol. The van der Waals surface area contributed by atoms with Crippen molar-refractivity contribution in [1.29, 1.82) is 0 Å². The van der Waals surface area contributed by atoms with Crippen molar-refractivity contribution in [2.45, 2.75) is 38.7 Å². The largest absolute Gasteiger partial charge is 0.392 e. The Labute approximate surface area is 173 Å². The Morgan fingerprint density at radius 1 is 0.828 bits per heavy atom. The lowest BCUT2D eigenvalue weighted by molar-refractivity contribution is 0.000272. The van der Waals surface area contributed by atoms with Crippen molar-refractivity contribution in [3.63, 3.8) is 0 Å². The monoisotopic (exact) mass is 393 g/mol. The summed E-state index contributed by atoms with van der Waals surface area (Å²) in [5.74, 6) is -0.318. The van der Waals surface area contributed by atoms with Crippen molar-refractivity contribution in [3.8, 4) is 0 Å². The maximum atomic E-state index is 10.7. The van der Waals surface area contributed by atoms with Crippen LogP contribution in [0.15, 0.2) is 66.7 Å². The Morgan fingerprint density at radius 2 is 1.45 bits per heavy atom. The van der Waals surface area contributed by atoms with E-state index >= 15 is 0 Å². The lowest BCUT2D eigenvalue weighted by Gasteiger charge is -2.31. The van der Waals surface area contributed by atoms with Crippen molar-refractivity contribution >= 4 is 10.8 Å². The first-order valence-corrected chi connectivity index (χ1v) is 10.2. The number of rotatable bonds is 8. The summed E-state index contributed by atoms with van der Waals surface area (Å²) in [6.45, 7) is 4.43. The Bertz CT molecular complexity index is 925. The van der Waals surface area contributed by atoms with Crippen molar-refractivity contribution in [3.05, 3.63) is 83.4 Å². The lowest BCUT2D eigenvalue weighted by Crippen LogP contribution is -2.37. The van der Waals surface area contributed by atoms with Gasteiger partial charge in [0.1, 0.15) is 0 Å². The van der Waals surface area contributed by atoms with Crippen LogP contribution >= 0.6 is 0 Å². The maximum Gasteiger partial charge on any atom is 0.0840 e. The minimum absolute atomic E-state index is 0.0218. The van der Waals surface area contributed by atoms with Gasteiger partial charge in [0.25, 0.3) is 0 Å². The molecule has 154 valence electrons. The number of aliphatic hydroxyl groups excluding tert-OH is 3. The molecule has 0 saturated carbocycles. The predicted octanol–water partition coefficient (Wildman–Crippen LogP) is 4.06. The quantitative estimate of drug-likeness (QED) is 0.540. The van der Waals surface area contributed by atoms with Crippen LogP contribution in [-0.4, -0.2) is 39.9 Å². The fourth-order valence-electron chi connectivity index (χ4n) is 3.68. The van der Waals surface area contributed by atoms with Crippen LogP contribution in [0.25, 0.3) is 10.8 Å². The highest BCUT2D eigenvalue weighted by molar-refractivity contribution is 5.83. The number of fused-ring (bicyclic) bond motifs is 1. The second-order valence-electron chi connectivity index (χ2n) is 7.99. The summed E-state index contributed by atoms with van der Waals surface area (Å²) in [4.78, 5) is 2.12. The van der Waals surface area contributed by atoms with E-state index in [4.69, 9.17) is 5.11 Å². The van der Waals surface area contributed by atoms with Crippen molar-refractivity contribution < 1.29 is 15.3 Å². The molecule has 0 aromatic heterocycles. The third-order valence-electron chi connectivity index (χ3n) is 6.00. The van der Waals surface area contributed by atoms with Gasteiger partial charge in [0.15, 0.2) is 0 Å². The van der Waals surface area contributed by atoms with Crippen molar-refractivity contribution in [2.24, 2.45) is 5.92 Å². The van der Waals surface area contributed by atoms with E-state index in [1.807, 2.05) is 26.1 Å². The molecule has 0 spiro atoms. The number of hydrogen-bond donors (Lipinski definition) is 3. The zero-order valence-electron chi connectivity index (χ0n) is 17.4. The minimum Gasteiger partial charge on any atom is -0.392 e. The van der Waals surface area contributed by atoms with Crippen LogP contribution in [0.3, 0.4) is 0 Å². The highest BCUT2D eigenvalue weighted by Crippen LogP contribution is 2.28. The molecular formula is C25H31NO3. The molecule has 0 aliphatic heterocycles. The zero-order chi connectivity index (χ0) is 21.0. The summed E-state index contributed by atoms with van der Waals surface area (Å²) in [7, 11) is 2.00. The number of aliphatic hydroxyl groups is 3. The van der Waals surface area contributed by atoms with Crippen LogP contribution in [-0.2, 0) is 6.61 Å². The van der Waals surface area contributed by atoms with Gasteiger partial charge < -0.3 is 15.3 Å². The van der Waals surface area contributed by atoms with Gasteiger partial charge in [-0.25, -0.2) is 0 Å². The Kier molecular flexibility index (Phi) is 7.04. The van der Waals surface area contributed by atoms with E-state index in [0.29, 0.717) is 6.54 Å². The van der Waals surface area contributed by atoms with Gasteiger partial charge in [-0.15, -0.1) is 0 Å². The minimum atomic E-state index is -0.762. The first-order chi connectivity index (χ1) is 13.9. The van der Waals surface area contributed by atoms with Crippen molar-refractivity contribution in [1.82, 2.24) is 4.90 Å². The van der Waals surface area contributed by atoms with Gasteiger partial charge in [-0.3, -0.25) is 4.90 Å². The van der Waals surface area contributed by atoms with E-state index in [1.165, 1.54) is 16.3 Å². The van der Waals surface area contributed by atoms with Gasteiger partial charge in [0.2, 0.25) is 0 Å².